The Labute approximate surface area is 127 Å². The van der Waals surface area contributed by atoms with Gasteiger partial charge in [-0.3, -0.25) is 14.5 Å². The Hall–Kier alpha value is -2.08. The standard InChI is InChI=1S/C14H15ClN2O4/c1-3-21-11(18)8-17-12(19)14(2,16-13(17)20)9-6-4-5-7-10(9)15/h4-7H,3,8H2,1-2H3,(H,16,20)/t14-/m0/s1. The molecule has 1 N–H and O–H groups in total. The van der Waals surface area contributed by atoms with Crippen LogP contribution in [-0.2, 0) is 19.9 Å². The van der Waals surface area contributed by atoms with Gasteiger partial charge in [-0.25, -0.2) is 4.79 Å². The lowest BCUT2D eigenvalue weighted by molar-refractivity contribution is -0.147. The third-order valence-electron chi connectivity index (χ3n) is 3.28. The van der Waals surface area contributed by atoms with Gasteiger partial charge in [-0.2, -0.15) is 0 Å². The summed E-state index contributed by atoms with van der Waals surface area (Å²) in [5.74, 6) is -1.17. The van der Waals surface area contributed by atoms with Gasteiger partial charge in [0, 0.05) is 10.6 Å². The van der Waals surface area contributed by atoms with Gasteiger partial charge in [-0.05, 0) is 19.9 Å². The van der Waals surface area contributed by atoms with E-state index in [1.54, 1.807) is 38.1 Å². The third-order valence-corrected chi connectivity index (χ3v) is 3.61. The summed E-state index contributed by atoms with van der Waals surface area (Å²) in [6.07, 6.45) is 0. The van der Waals surface area contributed by atoms with Crippen LogP contribution in [0.4, 0.5) is 4.79 Å². The average Bonchev–Trinajstić information content (AvgIpc) is 2.64. The van der Waals surface area contributed by atoms with Gasteiger partial charge < -0.3 is 10.1 Å². The van der Waals surface area contributed by atoms with E-state index in [4.69, 9.17) is 16.3 Å². The number of nitrogens with one attached hydrogen (secondary N) is 1. The molecule has 0 spiro atoms. The quantitative estimate of drug-likeness (QED) is 0.678. The molecule has 1 fully saturated rings. The van der Waals surface area contributed by atoms with Crippen molar-refractivity contribution in [2.75, 3.05) is 13.2 Å². The maximum Gasteiger partial charge on any atom is 0.326 e. The molecule has 0 radical (unpaired) electrons. The number of hydrogen-bond acceptors (Lipinski definition) is 4. The normalized spacial score (nSPS) is 21.4. The van der Waals surface area contributed by atoms with Crippen LogP contribution in [-0.4, -0.2) is 36.0 Å². The maximum atomic E-state index is 12.5. The number of esters is 1. The lowest BCUT2D eigenvalue weighted by Crippen LogP contribution is -2.42. The third kappa shape index (κ3) is 2.71. The van der Waals surface area contributed by atoms with Crippen molar-refractivity contribution in [3.05, 3.63) is 34.9 Å². The van der Waals surface area contributed by atoms with Gasteiger partial charge in [0.05, 0.1) is 6.61 Å². The van der Waals surface area contributed by atoms with Crippen molar-refractivity contribution in [3.8, 4) is 0 Å². The SMILES string of the molecule is CCOC(=O)CN1C(=O)N[C@@](C)(c2ccccc2Cl)C1=O. The Morgan fingerprint density at radius 1 is 1.38 bits per heavy atom. The molecule has 0 saturated carbocycles. The van der Waals surface area contributed by atoms with Crippen LogP contribution in [0.25, 0.3) is 0 Å². The maximum absolute atomic E-state index is 12.5. The van der Waals surface area contributed by atoms with E-state index in [0.29, 0.717) is 10.6 Å². The summed E-state index contributed by atoms with van der Waals surface area (Å²) in [4.78, 5) is 36.8. The molecule has 0 aliphatic carbocycles. The predicted molar refractivity (Wildman–Crippen MR) is 75.7 cm³/mol. The van der Waals surface area contributed by atoms with Crippen molar-refractivity contribution < 1.29 is 19.1 Å². The fourth-order valence-corrected chi connectivity index (χ4v) is 2.55. The van der Waals surface area contributed by atoms with Crippen molar-refractivity contribution >= 4 is 29.5 Å². The smallest absolute Gasteiger partial charge is 0.326 e. The summed E-state index contributed by atoms with van der Waals surface area (Å²) < 4.78 is 4.76. The Bertz CT molecular complexity index is 604. The second-order valence-electron chi connectivity index (χ2n) is 4.73. The minimum atomic E-state index is -1.29. The number of rotatable bonds is 4. The first-order valence-corrected chi connectivity index (χ1v) is 6.82. The summed E-state index contributed by atoms with van der Waals surface area (Å²) in [7, 11) is 0. The molecule has 3 amide bonds. The zero-order chi connectivity index (χ0) is 15.6. The fourth-order valence-electron chi connectivity index (χ4n) is 2.23. The molecule has 6 nitrogen and oxygen atoms in total. The number of halogens is 1. The van der Waals surface area contributed by atoms with Gasteiger partial charge in [0.25, 0.3) is 5.91 Å². The lowest BCUT2D eigenvalue weighted by Gasteiger charge is -2.23. The molecule has 1 aromatic rings. The lowest BCUT2D eigenvalue weighted by atomic mass is 9.92. The first-order valence-electron chi connectivity index (χ1n) is 6.45. The van der Waals surface area contributed by atoms with Gasteiger partial charge in [0.2, 0.25) is 0 Å². The first-order chi connectivity index (χ1) is 9.90. The van der Waals surface area contributed by atoms with Gasteiger partial charge in [-0.1, -0.05) is 29.8 Å². The van der Waals surface area contributed by atoms with E-state index in [2.05, 4.69) is 5.32 Å². The van der Waals surface area contributed by atoms with Crippen LogP contribution in [0.3, 0.4) is 0 Å². The van der Waals surface area contributed by atoms with Crippen molar-refractivity contribution in [1.82, 2.24) is 10.2 Å². The van der Waals surface area contributed by atoms with E-state index in [9.17, 15) is 14.4 Å². The van der Waals surface area contributed by atoms with E-state index in [1.165, 1.54) is 0 Å². The molecule has 1 aromatic carbocycles. The van der Waals surface area contributed by atoms with Gasteiger partial charge in [0.15, 0.2) is 0 Å². The Kier molecular flexibility index (Phi) is 4.18. The average molecular weight is 311 g/mol. The highest BCUT2D eigenvalue weighted by Crippen LogP contribution is 2.33. The molecule has 1 atom stereocenters. The van der Waals surface area contributed by atoms with Crippen LogP contribution in [0, 0.1) is 0 Å². The van der Waals surface area contributed by atoms with Crippen LogP contribution < -0.4 is 5.32 Å². The number of benzene rings is 1. The summed E-state index contributed by atoms with van der Waals surface area (Å²) in [5.41, 5.74) is -0.807. The summed E-state index contributed by atoms with van der Waals surface area (Å²) in [5, 5.41) is 2.95. The highest BCUT2D eigenvalue weighted by Gasteiger charge is 2.50. The molecule has 0 aromatic heterocycles. The first kappa shape index (κ1) is 15.3. The monoisotopic (exact) mass is 310 g/mol. The Balaban J connectivity index is 2.29. The summed E-state index contributed by atoms with van der Waals surface area (Å²) in [6.45, 7) is 2.97. The predicted octanol–water partition coefficient (Wildman–Crippen LogP) is 1.67. The van der Waals surface area contributed by atoms with Gasteiger partial charge in [-0.15, -0.1) is 0 Å². The van der Waals surface area contributed by atoms with Crippen LogP contribution in [0.1, 0.15) is 19.4 Å². The van der Waals surface area contributed by atoms with E-state index >= 15 is 0 Å². The summed E-state index contributed by atoms with van der Waals surface area (Å²) in [6, 6.07) is 6.10. The second kappa shape index (κ2) is 5.73. The molecule has 1 heterocycles. The van der Waals surface area contributed by atoms with E-state index in [-0.39, 0.29) is 6.61 Å². The molecule has 0 unspecified atom stereocenters. The molecule has 0 bridgehead atoms. The Morgan fingerprint density at radius 3 is 2.67 bits per heavy atom. The topological polar surface area (TPSA) is 75.7 Å². The molecular weight excluding hydrogens is 296 g/mol. The van der Waals surface area contributed by atoms with Crippen LogP contribution in [0.5, 0.6) is 0 Å². The van der Waals surface area contributed by atoms with Crippen LogP contribution >= 0.6 is 11.6 Å². The zero-order valence-electron chi connectivity index (χ0n) is 11.7. The molecule has 21 heavy (non-hydrogen) atoms. The van der Waals surface area contributed by atoms with E-state index in [0.717, 1.165) is 4.90 Å². The number of carbonyl (C=O) groups is 3. The Morgan fingerprint density at radius 2 is 2.05 bits per heavy atom. The largest absolute Gasteiger partial charge is 0.465 e. The molecule has 2 rings (SSSR count). The number of amides is 3. The minimum absolute atomic E-state index is 0.185. The molecule has 112 valence electrons. The van der Waals surface area contributed by atoms with Crippen molar-refractivity contribution in [1.29, 1.82) is 0 Å². The van der Waals surface area contributed by atoms with Crippen LogP contribution in [0.15, 0.2) is 24.3 Å². The number of imide groups is 1. The van der Waals surface area contributed by atoms with Crippen LogP contribution in [0.2, 0.25) is 5.02 Å². The van der Waals surface area contributed by atoms with Crippen molar-refractivity contribution in [2.45, 2.75) is 19.4 Å². The van der Waals surface area contributed by atoms with Crippen molar-refractivity contribution in [3.63, 3.8) is 0 Å². The highest BCUT2D eigenvalue weighted by molar-refractivity contribution is 6.32. The number of nitrogens with zero attached hydrogens (tertiary/aromatic N) is 1. The zero-order valence-corrected chi connectivity index (χ0v) is 12.4. The van der Waals surface area contributed by atoms with Crippen molar-refractivity contribution in [2.24, 2.45) is 0 Å². The number of carbonyl (C=O) groups excluding carboxylic acids is 3. The van der Waals surface area contributed by atoms with E-state index in [1.807, 2.05) is 0 Å². The molecule has 1 aliphatic heterocycles. The fraction of sp³-hybridized carbons (Fsp3) is 0.357. The summed E-state index contributed by atoms with van der Waals surface area (Å²) >= 11 is 6.10. The number of ether oxygens (including phenoxy) is 1. The molecule has 7 heteroatoms. The highest BCUT2D eigenvalue weighted by atomic mass is 35.5. The van der Waals surface area contributed by atoms with Gasteiger partial charge in [0.1, 0.15) is 12.1 Å². The molecular formula is C14H15ClN2O4. The van der Waals surface area contributed by atoms with E-state index < -0.39 is 30.0 Å². The second-order valence-corrected chi connectivity index (χ2v) is 5.14. The minimum Gasteiger partial charge on any atom is -0.465 e. The van der Waals surface area contributed by atoms with Gasteiger partial charge >= 0.3 is 12.0 Å². The molecule has 1 saturated heterocycles. The molecule has 1 aliphatic rings. The number of hydrogen-bond donors (Lipinski definition) is 1. The number of urea groups is 1.